The minimum Gasteiger partial charge on any atom is -0.261 e. The van der Waals surface area contributed by atoms with Crippen LogP contribution in [0.25, 0.3) is 0 Å². The lowest BCUT2D eigenvalue weighted by molar-refractivity contribution is 0.729. The first kappa shape index (κ1) is 20.3. The second kappa shape index (κ2) is 9.51. The quantitative estimate of drug-likeness (QED) is 0.686. The highest BCUT2D eigenvalue weighted by atomic mass is 14.9. The average molecular weight is 328 g/mol. The third-order valence-electron chi connectivity index (χ3n) is 3.87. The van der Waals surface area contributed by atoms with Crippen LogP contribution in [0, 0.1) is 0 Å². The van der Waals surface area contributed by atoms with Crippen LogP contribution < -0.4 is 0 Å². The molecule has 0 aliphatic rings. The average Bonchev–Trinajstić information content (AvgIpc) is 2.55. The molecule has 0 aliphatic heterocycles. The number of aromatic nitrogens is 3. The maximum Gasteiger partial charge on any atom is 0.131 e. The van der Waals surface area contributed by atoms with Crippen LogP contribution in [-0.2, 0) is 0 Å². The Kier molecular flexibility index (Phi) is 8.03. The first-order chi connectivity index (χ1) is 11.2. The molecule has 0 unspecified atom stereocenters. The summed E-state index contributed by atoms with van der Waals surface area (Å²) >= 11 is 0. The van der Waals surface area contributed by atoms with E-state index in [2.05, 4.69) is 82.5 Å². The summed E-state index contributed by atoms with van der Waals surface area (Å²) in [6.07, 6.45) is 3.75. The fraction of sp³-hybridized carbons (Fsp3) is 0.571. The molecule has 0 saturated heterocycles. The predicted octanol–water partition coefficient (Wildman–Crippen LogP) is 6.05. The van der Waals surface area contributed by atoms with E-state index < -0.39 is 0 Å². The van der Waals surface area contributed by atoms with Crippen molar-refractivity contribution < 1.29 is 0 Å². The van der Waals surface area contributed by atoms with Crippen molar-refractivity contribution in [3.05, 3.63) is 53.4 Å². The molecule has 0 amide bonds. The van der Waals surface area contributed by atoms with Crippen LogP contribution in [0.2, 0.25) is 0 Å². The molecule has 0 N–H and O–H groups in total. The zero-order chi connectivity index (χ0) is 18.3. The minimum absolute atomic E-state index is 0.420. The van der Waals surface area contributed by atoms with Gasteiger partial charge in [0.05, 0.1) is 0 Å². The van der Waals surface area contributed by atoms with E-state index in [1.807, 2.05) is 18.5 Å². The molecule has 3 heteroatoms. The summed E-state index contributed by atoms with van der Waals surface area (Å²) in [5.41, 5.74) is 3.71. The first-order valence-corrected chi connectivity index (χ1v) is 9.01. The molecule has 0 radical (unpaired) electrons. The Hall–Kier alpha value is -1.77. The van der Waals surface area contributed by atoms with Gasteiger partial charge in [-0.1, -0.05) is 55.4 Å². The number of hydrogen-bond donors (Lipinski definition) is 0. The molecule has 2 aromatic rings. The molecule has 0 atom stereocenters. The Morgan fingerprint density at radius 2 is 1.21 bits per heavy atom. The molecule has 0 fully saturated rings. The van der Waals surface area contributed by atoms with Gasteiger partial charge >= 0.3 is 0 Å². The second-order valence-corrected chi connectivity index (χ2v) is 7.47. The normalized spacial score (nSPS) is 11.2. The summed E-state index contributed by atoms with van der Waals surface area (Å²) in [5, 5.41) is 0. The molecule has 2 rings (SSSR count). The van der Waals surface area contributed by atoms with E-state index in [0.717, 1.165) is 11.5 Å². The SMILES string of the molecule is CC(C)c1ccnc(C(C)C)c1.CC(C)c1ccnc(C(C)C)n1. The van der Waals surface area contributed by atoms with Crippen molar-refractivity contribution in [2.75, 3.05) is 0 Å². The predicted molar refractivity (Wildman–Crippen MR) is 103 cm³/mol. The van der Waals surface area contributed by atoms with Crippen LogP contribution in [0.3, 0.4) is 0 Å². The number of pyridine rings is 1. The van der Waals surface area contributed by atoms with Gasteiger partial charge in [0.15, 0.2) is 0 Å². The lowest BCUT2D eigenvalue weighted by atomic mass is 10.0. The second-order valence-electron chi connectivity index (χ2n) is 7.47. The molecule has 2 aromatic heterocycles. The standard InChI is InChI=1S/C11H17N.C10H16N2/c1-8(2)10-5-6-12-11(7-10)9(3)4;1-7(2)9-5-6-11-10(12-9)8(3)4/h5-9H,1-4H3;5-8H,1-4H3. The molecule has 0 aromatic carbocycles. The Morgan fingerprint density at radius 1 is 0.625 bits per heavy atom. The van der Waals surface area contributed by atoms with Crippen LogP contribution in [-0.4, -0.2) is 15.0 Å². The molecular formula is C21H33N3. The van der Waals surface area contributed by atoms with E-state index >= 15 is 0 Å². The van der Waals surface area contributed by atoms with Crippen molar-refractivity contribution in [2.45, 2.75) is 79.1 Å². The van der Waals surface area contributed by atoms with Gasteiger partial charge in [-0.25, -0.2) is 9.97 Å². The van der Waals surface area contributed by atoms with E-state index in [1.165, 1.54) is 11.3 Å². The highest BCUT2D eigenvalue weighted by molar-refractivity contribution is 5.21. The van der Waals surface area contributed by atoms with Crippen molar-refractivity contribution in [1.82, 2.24) is 15.0 Å². The van der Waals surface area contributed by atoms with Crippen molar-refractivity contribution in [3.63, 3.8) is 0 Å². The third kappa shape index (κ3) is 6.38. The van der Waals surface area contributed by atoms with E-state index in [0.29, 0.717) is 23.7 Å². The molecule has 0 spiro atoms. The van der Waals surface area contributed by atoms with E-state index in [9.17, 15) is 0 Å². The van der Waals surface area contributed by atoms with Gasteiger partial charge in [-0.05, 0) is 41.5 Å². The zero-order valence-corrected chi connectivity index (χ0v) is 16.5. The number of nitrogens with zero attached hydrogens (tertiary/aromatic N) is 3. The molecule has 3 nitrogen and oxygen atoms in total. The molecule has 132 valence electrons. The Labute approximate surface area is 148 Å². The van der Waals surface area contributed by atoms with Gasteiger partial charge in [0.1, 0.15) is 5.82 Å². The first-order valence-electron chi connectivity index (χ1n) is 9.01. The van der Waals surface area contributed by atoms with E-state index in [1.54, 1.807) is 0 Å². The van der Waals surface area contributed by atoms with Crippen LogP contribution in [0.1, 0.15) is 102 Å². The van der Waals surface area contributed by atoms with Crippen LogP contribution in [0.15, 0.2) is 30.6 Å². The third-order valence-corrected chi connectivity index (χ3v) is 3.87. The number of rotatable bonds is 4. The summed E-state index contributed by atoms with van der Waals surface area (Å²) in [6.45, 7) is 17.3. The molecular weight excluding hydrogens is 294 g/mol. The molecule has 0 aliphatic carbocycles. The van der Waals surface area contributed by atoms with E-state index in [-0.39, 0.29) is 0 Å². The molecule has 0 saturated carbocycles. The fourth-order valence-corrected chi connectivity index (χ4v) is 2.13. The minimum atomic E-state index is 0.420. The van der Waals surface area contributed by atoms with Crippen molar-refractivity contribution in [2.24, 2.45) is 0 Å². The highest BCUT2D eigenvalue weighted by Gasteiger charge is 2.05. The molecule has 0 bridgehead atoms. The largest absolute Gasteiger partial charge is 0.261 e. The van der Waals surface area contributed by atoms with Crippen LogP contribution in [0.5, 0.6) is 0 Å². The summed E-state index contributed by atoms with van der Waals surface area (Å²) in [6, 6.07) is 6.28. The van der Waals surface area contributed by atoms with Crippen LogP contribution >= 0.6 is 0 Å². The zero-order valence-electron chi connectivity index (χ0n) is 16.5. The van der Waals surface area contributed by atoms with Crippen LogP contribution in [0.4, 0.5) is 0 Å². The summed E-state index contributed by atoms with van der Waals surface area (Å²) < 4.78 is 0. The maximum atomic E-state index is 4.46. The monoisotopic (exact) mass is 327 g/mol. The Morgan fingerprint density at radius 3 is 1.71 bits per heavy atom. The lowest BCUT2D eigenvalue weighted by Gasteiger charge is -2.08. The molecule has 24 heavy (non-hydrogen) atoms. The Balaban J connectivity index is 0.000000240. The van der Waals surface area contributed by atoms with Gasteiger partial charge < -0.3 is 0 Å². The summed E-state index contributed by atoms with van der Waals surface area (Å²) in [7, 11) is 0. The van der Waals surface area contributed by atoms with Gasteiger partial charge in [-0.3, -0.25) is 4.98 Å². The maximum absolute atomic E-state index is 4.46. The number of hydrogen-bond acceptors (Lipinski definition) is 3. The summed E-state index contributed by atoms with van der Waals surface area (Å²) in [5.74, 6) is 2.99. The smallest absolute Gasteiger partial charge is 0.131 e. The highest BCUT2D eigenvalue weighted by Crippen LogP contribution is 2.18. The van der Waals surface area contributed by atoms with Crippen molar-refractivity contribution >= 4 is 0 Å². The molecule has 2 heterocycles. The van der Waals surface area contributed by atoms with E-state index in [4.69, 9.17) is 0 Å². The summed E-state index contributed by atoms with van der Waals surface area (Å²) in [4.78, 5) is 13.0. The topological polar surface area (TPSA) is 38.7 Å². The van der Waals surface area contributed by atoms with Gasteiger partial charge in [0.25, 0.3) is 0 Å². The lowest BCUT2D eigenvalue weighted by Crippen LogP contribution is -2.01. The fourth-order valence-electron chi connectivity index (χ4n) is 2.13. The Bertz CT molecular complexity index is 514. The van der Waals surface area contributed by atoms with Gasteiger partial charge in [-0.2, -0.15) is 0 Å². The van der Waals surface area contributed by atoms with Gasteiger partial charge in [-0.15, -0.1) is 0 Å². The van der Waals surface area contributed by atoms with Crippen molar-refractivity contribution in [3.8, 4) is 0 Å². The van der Waals surface area contributed by atoms with Crippen molar-refractivity contribution in [1.29, 1.82) is 0 Å². The van der Waals surface area contributed by atoms with Gasteiger partial charge in [0, 0.05) is 29.7 Å². The van der Waals surface area contributed by atoms with Gasteiger partial charge in [0.2, 0.25) is 0 Å².